The van der Waals surface area contributed by atoms with Crippen LogP contribution in [0.1, 0.15) is 44.0 Å². The number of nitrogens with zero attached hydrogens (tertiary/aromatic N) is 2. The summed E-state index contributed by atoms with van der Waals surface area (Å²) in [5.41, 5.74) is 1.51. The molecule has 0 aromatic heterocycles. The predicted molar refractivity (Wildman–Crippen MR) is 69.9 cm³/mol. The Morgan fingerprint density at radius 3 is 2.47 bits per heavy atom. The summed E-state index contributed by atoms with van der Waals surface area (Å²) in [5, 5.41) is 7.71. The quantitative estimate of drug-likeness (QED) is 0.560. The van der Waals surface area contributed by atoms with E-state index >= 15 is 0 Å². The van der Waals surface area contributed by atoms with Crippen LogP contribution in [-0.2, 0) is 0 Å². The van der Waals surface area contributed by atoms with Gasteiger partial charge in [0.25, 0.3) is 0 Å². The minimum Gasteiger partial charge on any atom is -0.294 e. The van der Waals surface area contributed by atoms with E-state index in [9.17, 15) is 4.79 Å². The lowest BCUT2D eigenvalue weighted by atomic mass is 9.88. The van der Waals surface area contributed by atoms with E-state index in [1.54, 1.807) is 7.05 Å². The number of rotatable bonds is 4. The number of hydrogen-bond acceptors (Lipinski definition) is 3. The molecule has 0 aliphatic heterocycles. The summed E-state index contributed by atoms with van der Waals surface area (Å²) in [4.78, 5) is 12.1. The molecule has 0 aliphatic rings. The summed E-state index contributed by atoms with van der Waals surface area (Å²) < 4.78 is 0. The van der Waals surface area contributed by atoms with Crippen LogP contribution in [0.4, 0.5) is 5.69 Å². The molecule has 0 amide bonds. The van der Waals surface area contributed by atoms with Gasteiger partial charge < -0.3 is 0 Å². The van der Waals surface area contributed by atoms with E-state index in [0.29, 0.717) is 17.7 Å². The monoisotopic (exact) mass is 232 g/mol. The van der Waals surface area contributed by atoms with E-state index in [-0.39, 0.29) is 11.2 Å². The van der Waals surface area contributed by atoms with E-state index in [2.05, 4.69) is 31.0 Å². The van der Waals surface area contributed by atoms with Crippen LogP contribution < -0.4 is 0 Å². The van der Waals surface area contributed by atoms with Crippen LogP contribution in [0, 0.1) is 5.41 Å². The second-order valence-corrected chi connectivity index (χ2v) is 5.30. The fourth-order valence-electron chi connectivity index (χ4n) is 1.53. The number of benzene rings is 1. The van der Waals surface area contributed by atoms with Crippen molar-refractivity contribution in [3.05, 3.63) is 29.8 Å². The van der Waals surface area contributed by atoms with Crippen molar-refractivity contribution in [2.24, 2.45) is 15.6 Å². The highest BCUT2D eigenvalue weighted by Gasteiger charge is 2.16. The van der Waals surface area contributed by atoms with Gasteiger partial charge in [0.2, 0.25) is 0 Å². The molecule has 92 valence electrons. The van der Waals surface area contributed by atoms with Gasteiger partial charge in [-0.2, -0.15) is 10.2 Å². The van der Waals surface area contributed by atoms with Crippen LogP contribution in [0.15, 0.2) is 34.5 Å². The van der Waals surface area contributed by atoms with Gasteiger partial charge in [0.1, 0.15) is 0 Å². The first kappa shape index (κ1) is 13.6. The number of Topliss-reactive ketones (excluding diaryl/α,β-unsaturated/α-hetero) is 1. The molecule has 0 radical (unpaired) electrons. The van der Waals surface area contributed by atoms with Crippen molar-refractivity contribution in [2.45, 2.75) is 33.6 Å². The van der Waals surface area contributed by atoms with Crippen LogP contribution in [0.25, 0.3) is 0 Å². The third-order valence-electron chi connectivity index (χ3n) is 2.51. The third-order valence-corrected chi connectivity index (χ3v) is 2.51. The molecule has 1 rings (SSSR count). The molecule has 3 heteroatoms. The van der Waals surface area contributed by atoms with Crippen LogP contribution in [-0.4, -0.2) is 12.8 Å². The largest absolute Gasteiger partial charge is 0.294 e. The first-order valence-corrected chi connectivity index (χ1v) is 5.86. The molecule has 0 N–H and O–H groups in total. The Morgan fingerprint density at radius 1 is 1.24 bits per heavy atom. The van der Waals surface area contributed by atoms with Crippen molar-refractivity contribution in [3.8, 4) is 0 Å². The van der Waals surface area contributed by atoms with Gasteiger partial charge in [-0.1, -0.05) is 32.9 Å². The Kier molecular flexibility index (Phi) is 4.55. The molecule has 0 unspecified atom stereocenters. The summed E-state index contributed by atoms with van der Waals surface area (Å²) in [6.07, 6.45) is 1.43. The number of azo groups is 1. The number of carbonyl (C=O) groups excluding carboxylic acids is 1. The summed E-state index contributed by atoms with van der Waals surface area (Å²) in [6.45, 7) is 6.41. The molecule has 1 aromatic carbocycles. The van der Waals surface area contributed by atoms with Gasteiger partial charge in [-0.15, -0.1) is 0 Å². The van der Waals surface area contributed by atoms with E-state index in [1.165, 1.54) is 0 Å². The first-order valence-electron chi connectivity index (χ1n) is 5.86. The maximum absolute atomic E-state index is 12.1. The van der Waals surface area contributed by atoms with Crippen molar-refractivity contribution < 1.29 is 4.79 Å². The highest BCUT2D eigenvalue weighted by Crippen LogP contribution is 2.25. The SMILES string of the molecule is CN=Nc1ccccc1C(=O)CCC(C)(C)C. The lowest BCUT2D eigenvalue weighted by molar-refractivity contribution is 0.0966. The van der Waals surface area contributed by atoms with Gasteiger partial charge in [0.15, 0.2) is 5.78 Å². The summed E-state index contributed by atoms with van der Waals surface area (Å²) in [5.74, 6) is 0.142. The van der Waals surface area contributed by atoms with Gasteiger partial charge in [-0.3, -0.25) is 4.79 Å². The zero-order valence-corrected chi connectivity index (χ0v) is 11.0. The first-order chi connectivity index (χ1) is 7.94. The highest BCUT2D eigenvalue weighted by molar-refractivity contribution is 6.00. The molecule has 0 fully saturated rings. The van der Waals surface area contributed by atoms with Crippen molar-refractivity contribution in [1.29, 1.82) is 0 Å². The molecule has 0 bridgehead atoms. The van der Waals surface area contributed by atoms with E-state index in [4.69, 9.17) is 0 Å². The van der Waals surface area contributed by atoms with Crippen LogP contribution in [0.3, 0.4) is 0 Å². The minimum absolute atomic E-state index is 0.142. The predicted octanol–water partition coefficient (Wildman–Crippen LogP) is 4.41. The van der Waals surface area contributed by atoms with E-state index in [1.807, 2.05) is 24.3 Å². The van der Waals surface area contributed by atoms with Gasteiger partial charge in [-0.05, 0) is 24.0 Å². The highest BCUT2D eigenvalue weighted by atomic mass is 16.1. The molecule has 17 heavy (non-hydrogen) atoms. The van der Waals surface area contributed by atoms with Crippen molar-refractivity contribution in [1.82, 2.24) is 0 Å². The fourth-order valence-corrected chi connectivity index (χ4v) is 1.53. The molecule has 0 spiro atoms. The standard InChI is InChI=1S/C14H20N2O/c1-14(2,3)10-9-13(17)11-7-5-6-8-12(11)16-15-4/h5-8H,9-10H2,1-4H3. The second kappa shape index (κ2) is 5.71. The molecule has 3 nitrogen and oxygen atoms in total. The van der Waals surface area contributed by atoms with Gasteiger partial charge >= 0.3 is 0 Å². The fraction of sp³-hybridized carbons (Fsp3) is 0.500. The maximum atomic E-state index is 12.1. The summed E-state index contributed by atoms with van der Waals surface area (Å²) >= 11 is 0. The van der Waals surface area contributed by atoms with Crippen LogP contribution >= 0.6 is 0 Å². The average Bonchev–Trinajstić information content (AvgIpc) is 2.26. The lowest BCUT2D eigenvalue weighted by Gasteiger charge is -2.17. The van der Waals surface area contributed by atoms with Gasteiger partial charge in [0, 0.05) is 19.0 Å². The van der Waals surface area contributed by atoms with Gasteiger partial charge in [0.05, 0.1) is 5.69 Å². The Bertz CT molecular complexity index is 416. The van der Waals surface area contributed by atoms with E-state index < -0.39 is 0 Å². The number of ketones is 1. The average molecular weight is 232 g/mol. The molecule has 0 aliphatic carbocycles. The Hall–Kier alpha value is -1.51. The molecule has 0 saturated carbocycles. The molecule has 0 saturated heterocycles. The van der Waals surface area contributed by atoms with Crippen molar-refractivity contribution >= 4 is 11.5 Å². The zero-order chi connectivity index (χ0) is 12.9. The number of hydrogen-bond donors (Lipinski definition) is 0. The Morgan fingerprint density at radius 2 is 1.88 bits per heavy atom. The molecule has 0 heterocycles. The third kappa shape index (κ3) is 4.47. The second-order valence-electron chi connectivity index (χ2n) is 5.30. The summed E-state index contributed by atoms with van der Waals surface area (Å²) in [6, 6.07) is 7.36. The van der Waals surface area contributed by atoms with Crippen molar-refractivity contribution in [2.75, 3.05) is 7.05 Å². The molecular weight excluding hydrogens is 212 g/mol. The normalized spacial score (nSPS) is 12.0. The molecule has 0 atom stereocenters. The van der Waals surface area contributed by atoms with Crippen molar-refractivity contribution in [3.63, 3.8) is 0 Å². The Labute approximate surface area is 103 Å². The zero-order valence-electron chi connectivity index (χ0n) is 11.0. The topological polar surface area (TPSA) is 41.8 Å². The lowest BCUT2D eigenvalue weighted by Crippen LogP contribution is -2.09. The number of carbonyl (C=O) groups is 1. The van der Waals surface area contributed by atoms with E-state index in [0.717, 1.165) is 6.42 Å². The molecular formula is C14H20N2O. The van der Waals surface area contributed by atoms with Crippen LogP contribution in [0.5, 0.6) is 0 Å². The Balaban J connectivity index is 2.82. The summed E-state index contributed by atoms with van der Waals surface area (Å²) in [7, 11) is 1.61. The van der Waals surface area contributed by atoms with Crippen LogP contribution in [0.2, 0.25) is 0 Å². The maximum Gasteiger partial charge on any atom is 0.165 e. The van der Waals surface area contributed by atoms with Gasteiger partial charge in [-0.25, -0.2) is 0 Å². The smallest absolute Gasteiger partial charge is 0.165 e. The minimum atomic E-state index is 0.142. The molecule has 1 aromatic rings.